The zero-order valence-corrected chi connectivity index (χ0v) is 20.5. The Labute approximate surface area is 208 Å². The van der Waals surface area contributed by atoms with E-state index >= 15 is 0 Å². The lowest BCUT2D eigenvalue weighted by atomic mass is 10.0. The van der Waals surface area contributed by atoms with Crippen molar-refractivity contribution in [3.63, 3.8) is 0 Å². The molecule has 0 bridgehead atoms. The van der Waals surface area contributed by atoms with Crippen molar-refractivity contribution < 1.29 is 23.9 Å². The summed E-state index contributed by atoms with van der Waals surface area (Å²) < 4.78 is 11.1. The summed E-state index contributed by atoms with van der Waals surface area (Å²) in [7, 11) is 1.37. The van der Waals surface area contributed by atoms with Crippen LogP contribution in [0.5, 0.6) is 5.75 Å². The molecule has 1 aliphatic heterocycles. The van der Waals surface area contributed by atoms with E-state index in [9.17, 15) is 14.4 Å². The number of ether oxygens (including phenoxy) is 2. The molecule has 7 heteroatoms. The van der Waals surface area contributed by atoms with Crippen LogP contribution < -0.4 is 10.1 Å². The number of aryl methyl sites for hydroxylation is 2. The predicted molar refractivity (Wildman–Crippen MR) is 138 cm³/mol. The predicted octanol–water partition coefficient (Wildman–Crippen LogP) is 5.52. The summed E-state index contributed by atoms with van der Waals surface area (Å²) >= 11 is 0.976. The van der Waals surface area contributed by atoms with E-state index < -0.39 is 11.2 Å². The highest BCUT2D eigenvalue weighted by Gasteiger charge is 2.29. The normalized spacial score (nSPS) is 18.9. The van der Waals surface area contributed by atoms with Crippen molar-refractivity contribution in [2.24, 2.45) is 0 Å². The highest BCUT2D eigenvalue weighted by atomic mass is 32.2. The molecule has 2 amide bonds. The highest BCUT2D eigenvalue weighted by molar-refractivity contribution is 8.15. The molecule has 4 rings (SSSR count). The van der Waals surface area contributed by atoms with E-state index in [0.717, 1.165) is 34.0 Å². The summed E-state index contributed by atoms with van der Waals surface area (Å²) in [6.45, 7) is 4.03. The summed E-state index contributed by atoms with van der Waals surface area (Å²) in [5.74, 6) is 0.508. The fraction of sp³-hybridized carbons (Fsp3) is 0.179. The average Bonchev–Trinajstić information content (AvgIpc) is 3.14. The number of hydrogen-bond donors (Lipinski definition) is 1. The summed E-state index contributed by atoms with van der Waals surface area (Å²) in [4.78, 5) is 35.7. The van der Waals surface area contributed by atoms with Gasteiger partial charge in [0.1, 0.15) is 16.8 Å². The quantitative estimate of drug-likeness (QED) is 0.328. The zero-order chi connectivity index (χ0) is 24.9. The molecule has 35 heavy (non-hydrogen) atoms. The third-order valence-corrected chi connectivity index (χ3v) is 6.35. The van der Waals surface area contributed by atoms with Gasteiger partial charge in [0.15, 0.2) is 0 Å². The van der Waals surface area contributed by atoms with Crippen LogP contribution in [0.3, 0.4) is 0 Å². The first-order valence-electron chi connectivity index (χ1n) is 11.1. The van der Waals surface area contributed by atoms with Gasteiger partial charge in [0.05, 0.1) is 12.7 Å². The molecule has 0 radical (unpaired) electrons. The second kappa shape index (κ2) is 10.6. The van der Waals surface area contributed by atoms with E-state index in [4.69, 9.17) is 9.47 Å². The first-order valence-corrected chi connectivity index (χ1v) is 12.0. The molecule has 1 aliphatic carbocycles. The molecule has 1 fully saturated rings. The molecule has 2 aromatic rings. The van der Waals surface area contributed by atoms with E-state index in [0.29, 0.717) is 29.1 Å². The molecule has 2 aliphatic rings. The third-order valence-electron chi connectivity index (χ3n) is 5.42. The van der Waals surface area contributed by atoms with Crippen molar-refractivity contribution in [3.8, 4) is 5.75 Å². The van der Waals surface area contributed by atoms with Gasteiger partial charge in [-0.3, -0.25) is 14.9 Å². The van der Waals surface area contributed by atoms with Crippen LogP contribution in [-0.4, -0.2) is 29.5 Å². The van der Waals surface area contributed by atoms with E-state index in [-0.39, 0.29) is 11.1 Å². The SMILES string of the molecule is COC(=O)/C(=C/c1cc(C)cc(C)c1)c1cccc(OC2=CC/C(=C/C3SC(=O)NC3=O)C=C2)c1. The number of thioether (sulfide) groups is 1. The van der Waals surface area contributed by atoms with Crippen molar-refractivity contribution in [1.82, 2.24) is 5.32 Å². The Morgan fingerprint density at radius 1 is 1.09 bits per heavy atom. The van der Waals surface area contributed by atoms with Crippen molar-refractivity contribution in [2.75, 3.05) is 7.11 Å². The van der Waals surface area contributed by atoms with E-state index in [2.05, 4.69) is 11.4 Å². The summed E-state index contributed by atoms with van der Waals surface area (Å²) in [5, 5.41) is 1.45. The summed E-state index contributed by atoms with van der Waals surface area (Å²) in [5.41, 5.74) is 5.19. The van der Waals surface area contributed by atoms with Gasteiger partial charge in [0.2, 0.25) is 5.91 Å². The standard InChI is InChI=1S/C28H25NO5S/c1-17-11-18(2)13-20(12-17)14-24(27(31)33-3)21-5-4-6-23(16-21)34-22-9-7-19(8-10-22)15-25-26(30)29-28(32)35-25/h4-7,9-16,25H,8H2,1-3H3,(H,29,30,32)/b19-15+,24-14+. The molecule has 1 heterocycles. The number of methoxy groups -OCH3 is 1. The number of rotatable bonds is 6. The van der Waals surface area contributed by atoms with E-state index in [1.165, 1.54) is 7.11 Å². The molecule has 0 aromatic heterocycles. The third kappa shape index (κ3) is 6.19. The molecule has 178 valence electrons. The first-order chi connectivity index (χ1) is 16.8. The van der Waals surface area contributed by atoms with Crippen LogP contribution in [0, 0.1) is 13.8 Å². The Kier molecular flexibility index (Phi) is 7.36. The fourth-order valence-corrected chi connectivity index (χ4v) is 4.71. The second-order valence-corrected chi connectivity index (χ2v) is 9.42. The topological polar surface area (TPSA) is 81.7 Å². The van der Waals surface area contributed by atoms with Crippen LogP contribution in [0.25, 0.3) is 11.6 Å². The molecule has 2 aromatic carbocycles. The fourth-order valence-electron chi connectivity index (χ4n) is 3.91. The maximum Gasteiger partial charge on any atom is 0.338 e. The largest absolute Gasteiger partial charge is 0.465 e. The number of imide groups is 1. The van der Waals surface area contributed by atoms with Gasteiger partial charge in [-0.05, 0) is 79.1 Å². The lowest BCUT2D eigenvalue weighted by molar-refractivity contribution is -0.133. The van der Waals surface area contributed by atoms with Gasteiger partial charge in [-0.2, -0.15) is 0 Å². The van der Waals surface area contributed by atoms with Crippen molar-refractivity contribution in [2.45, 2.75) is 25.5 Å². The molecule has 6 nitrogen and oxygen atoms in total. The lowest BCUT2D eigenvalue weighted by Crippen LogP contribution is -2.23. The Morgan fingerprint density at radius 2 is 1.86 bits per heavy atom. The van der Waals surface area contributed by atoms with Gasteiger partial charge in [-0.15, -0.1) is 0 Å². The Balaban J connectivity index is 1.52. The van der Waals surface area contributed by atoms with E-state index in [1.54, 1.807) is 12.1 Å². The van der Waals surface area contributed by atoms with Crippen molar-refractivity contribution >= 4 is 40.5 Å². The molecular formula is C28H25NO5S. The van der Waals surface area contributed by atoms with Crippen LogP contribution in [0.15, 0.2) is 78.1 Å². The van der Waals surface area contributed by atoms with Gasteiger partial charge >= 0.3 is 5.97 Å². The molecule has 1 unspecified atom stereocenters. The maximum atomic E-state index is 12.6. The lowest BCUT2D eigenvalue weighted by Gasteiger charge is -2.13. The number of esters is 1. The van der Waals surface area contributed by atoms with Crippen LogP contribution in [-0.2, 0) is 14.3 Å². The summed E-state index contributed by atoms with van der Waals surface area (Å²) in [6.07, 6.45) is 9.78. The second-order valence-electron chi connectivity index (χ2n) is 8.30. The molecular weight excluding hydrogens is 462 g/mol. The zero-order valence-electron chi connectivity index (χ0n) is 19.7. The monoisotopic (exact) mass is 487 g/mol. The molecule has 1 N–H and O–H groups in total. The maximum absolute atomic E-state index is 12.6. The van der Waals surface area contributed by atoms with Gasteiger partial charge in [-0.25, -0.2) is 4.79 Å². The Hall–Kier alpha value is -3.84. The smallest absolute Gasteiger partial charge is 0.338 e. The van der Waals surface area contributed by atoms with Crippen molar-refractivity contribution in [1.29, 1.82) is 0 Å². The first kappa shape index (κ1) is 24.3. The van der Waals surface area contributed by atoms with E-state index in [1.807, 2.05) is 68.5 Å². The van der Waals surface area contributed by atoms with Gasteiger partial charge in [0, 0.05) is 0 Å². The molecule has 0 saturated carbocycles. The molecule has 1 saturated heterocycles. The minimum Gasteiger partial charge on any atom is -0.465 e. The Bertz CT molecular complexity index is 1300. The summed E-state index contributed by atoms with van der Waals surface area (Å²) in [6, 6.07) is 13.4. The number of benzene rings is 2. The van der Waals surface area contributed by atoms with Crippen LogP contribution in [0.4, 0.5) is 4.79 Å². The van der Waals surface area contributed by atoms with Crippen LogP contribution in [0.1, 0.15) is 28.7 Å². The van der Waals surface area contributed by atoms with Gasteiger partial charge < -0.3 is 9.47 Å². The Morgan fingerprint density at radius 3 is 2.49 bits per heavy atom. The number of hydrogen-bond acceptors (Lipinski definition) is 6. The highest BCUT2D eigenvalue weighted by Crippen LogP contribution is 2.28. The van der Waals surface area contributed by atoms with Crippen molar-refractivity contribution in [3.05, 3.63) is 100 Å². The van der Waals surface area contributed by atoms with Gasteiger partial charge in [-0.1, -0.05) is 53.6 Å². The molecule has 1 atom stereocenters. The molecule has 0 spiro atoms. The van der Waals surface area contributed by atoms with Gasteiger partial charge in [0.25, 0.3) is 5.24 Å². The minimum atomic E-state index is -0.504. The number of carbonyl (C=O) groups is 3. The van der Waals surface area contributed by atoms with Crippen LogP contribution >= 0.6 is 11.8 Å². The number of amides is 2. The minimum absolute atomic E-state index is 0.293. The number of nitrogens with one attached hydrogen (secondary N) is 1. The average molecular weight is 488 g/mol. The van der Waals surface area contributed by atoms with Crippen LogP contribution in [0.2, 0.25) is 0 Å². The number of allylic oxidation sites excluding steroid dienone is 4. The number of carbonyl (C=O) groups excluding carboxylic acids is 3.